The van der Waals surface area contributed by atoms with Gasteiger partial charge in [0.2, 0.25) is 5.91 Å². The van der Waals surface area contributed by atoms with Crippen molar-refractivity contribution in [1.82, 2.24) is 10.3 Å². The molecular formula is C18H15N3O3S. The highest BCUT2D eigenvalue weighted by molar-refractivity contribution is 8.00. The maximum Gasteiger partial charge on any atom is 0.270 e. The highest BCUT2D eigenvalue weighted by Crippen LogP contribution is 2.34. The van der Waals surface area contributed by atoms with Crippen LogP contribution in [-0.4, -0.2) is 22.0 Å². The van der Waals surface area contributed by atoms with Crippen LogP contribution in [0.2, 0.25) is 0 Å². The molecule has 1 aromatic carbocycles. The van der Waals surface area contributed by atoms with Crippen LogP contribution in [0.3, 0.4) is 0 Å². The molecule has 0 saturated heterocycles. The summed E-state index contributed by atoms with van der Waals surface area (Å²) in [5.74, 6) is 0.681. The summed E-state index contributed by atoms with van der Waals surface area (Å²) < 4.78 is 5.68. The molecule has 1 aliphatic heterocycles. The van der Waals surface area contributed by atoms with Gasteiger partial charge in [0.25, 0.3) is 5.91 Å². The molecule has 1 aliphatic rings. The highest BCUT2D eigenvalue weighted by Gasteiger charge is 2.25. The van der Waals surface area contributed by atoms with E-state index in [0.717, 1.165) is 15.9 Å². The first kappa shape index (κ1) is 15.7. The highest BCUT2D eigenvalue weighted by atomic mass is 32.2. The predicted molar refractivity (Wildman–Crippen MR) is 95.6 cm³/mol. The van der Waals surface area contributed by atoms with E-state index in [-0.39, 0.29) is 29.3 Å². The van der Waals surface area contributed by atoms with E-state index in [0.29, 0.717) is 11.6 Å². The number of hydrogen-bond acceptors (Lipinski definition) is 5. The maximum atomic E-state index is 12.3. The van der Waals surface area contributed by atoms with Gasteiger partial charge in [-0.1, -0.05) is 18.2 Å². The van der Waals surface area contributed by atoms with Crippen molar-refractivity contribution in [2.24, 2.45) is 0 Å². The Morgan fingerprint density at radius 3 is 3.00 bits per heavy atom. The Labute approximate surface area is 148 Å². The number of nitrogens with zero attached hydrogens (tertiary/aromatic N) is 1. The molecule has 7 heteroatoms. The van der Waals surface area contributed by atoms with E-state index in [4.69, 9.17) is 4.42 Å². The van der Waals surface area contributed by atoms with Crippen molar-refractivity contribution in [3.05, 3.63) is 53.9 Å². The topological polar surface area (TPSA) is 84.2 Å². The number of nitrogens with one attached hydrogen (secondary N) is 2. The third kappa shape index (κ3) is 3.10. The standard InChI is InChI=1S/C18H15N3O3S/c1-10-17(22)21-16-15(25-10)7-6-13(20-16)18(23)19-9-12-8-11-4-2-3-5-14(11)24-12/h2-8,10H,9H2,1H3,(H,19,23)(H,20,21,22). The molecule has 0 radical (unpaired) electrons. The van der Waals surface area contributed by atoms with E-state index in [1.54, 1.807) is 12.1 Å². The Morgan fingerprint density at radius 1 is 1.32 bits per heavy atom. The summed E-state index contributed by atoms with van der Waals surface area (Å²) in [7, 11) is 0. The Balaban J connectivity index is 1.48. The summed E-state index contributed by atoms with van der Waals surface area (Å²) in [4.78, 5) is 29.2. The second-order valence-corrected chi connectivity index (χ2v) is 7.11. The second-order valence-electron chi connectivity index (χ2n) is 5.73. The van der Waals surface area contributed by atoms with Crippen molar-refractivity contribution in [3.63, 3.8) is 0 Å². The van der Waals surface area contributed by atoms with Crippen molar-refractivity contribution >= 4 is 40.4 Å². The quantitative estimate of drug-likeness (QED) is 0.755. The molecule has 1 atom stereocenters. The van der Waals surface area contributed by atoms with Crippen molar-refractivity contribution in [1.29, 1.82) is 0 Å². The zero-order valence-electron chi connectivity index (χ0n) is 13.4. The van der Waals surface area contributed by atoms with E-state index < -0.39 is 0 Å². The monoisotopic (exact) mass is 353 g/mol. The fourth-order valence-electron chi connectivity index (χ4n) is 2.60. The molecule has 0 bridgehead atoms. The van der Waals surface area contributed by atoms with Crippen LogP contribution < -0.4 is 10.6 Å². The molecule has 6 nitrogen and oxygen atoms in total. The fourth-order valence-corrected chi connectivity index (χ4v) is 3.50. The number of rotatable bonds is 3. The number of amides is 2. The minimum Gasteiger partial charge on any atom is -0.459 e. The number of benzene rings is 1. The molecule has 1 unspecified atom stereocenters. The predicted octanol–water partition coefficient (Wildman–Crippen LogP) is 3.19. The molecular weight excluding hydrogens is 338 g/mol. The molecule has 0 fully saturated rings. The summed E-state index contributed by atoms with van der Waals surface area (Å²) in [6.07, 6.45) is 0. The number of para-hydroxylation sites is 1. The third-order valence-electron chi connectivity index (χ3n) is 3.91. The van der Waals surface area contributed by atoms with Crippen molar-refractivity contribution in [2.75, 3.05) is 5.32 Å². The Hall–Kier alpha value is -2.80. The number of pyridine rings is 1. The van der Waals surface area contributed by atoms with Gasteiger partial charge < -0.3 is 15.1 Å². The van der Waals surface area contributed by atoms with Crippen LogP contribution in [0, 0.1) is 0 Å². The maximum absolute atomic E-state index is 12.3. The number of carbonyl (C=O) groups is 2. The second kappa shape index (κ2) is 6.25. The van der Waals surface area contributed by atoms with Crippen LogP contribution >= 0.6 is 11.8 Å². The molecule has 0 saturated carbocycles. The lowest BCUT2D eigenvalue weighted by Crippen LogP contribution is -2.29. The molecule has 2 aromatic heterocycles. The molecule has 0 spiro atoms. The Kier molecular flexibility index (Phi) is 3.93. The van der Waals surface area contributed by atoms with Gasteiger partial charge >= 0.3 is 0 Å². The first-order valence-corrected chi connectivity index (χ1v) is 8.72. The SMILES string of the molecule is CC1Sc2ccc(C(=O)NCc3cc4ccccc4o3)nc2NC1=O. The molecule has 4 rings (SSSR count). The van der Waals surface area contributed by atoms with Crippen LogP contribution in [0.5, 0.6) is 0 Å². The first-order chi connectivity index (χ1) is 12.1. The molecule has 2 amide bonds. The average molecular weight is 353 g/mol. The summed E-state index contributed by atoms with van der Waals surface area (Å²) in [5, 5.41) is 6.34. The van der Waals surface area contributed by atoms with Gasteiger partial charge in [0.05, 0.1) is 16.7 Å². The summed E-state index contributed by atoms with van der Waals surface area (Å²) >= 11 is 1.43. The number of fused-ring (bicyclic) bond motifs is 2. The van der Waals surface area contributed by atoms with E-state index in [1.165, 1.54) is 11.8 Å². The van der Waals surface area contributed by atoms with E-state index in [9.17, 15) is 9.59 Å². The number of aromatic nitrogens is 1. The molecule has 0 aliphatic carbocycles. The molecule has 3 heterocycles. The van der Waals surface area contributed by atoms with Gasteiger partial charge in [-0.3, -0.25) is 9.59 Å². The van der Waals surface area contributed by atoms with E-state index in [2.05, 4.69) is 15.6 Å². The zero-order valence-corrected chi connectivity index (χ0v) is 14.2. The van der Waals surface area contributed by atoms with E-state index in [1.807, 2.05) is 37.3 Å². The lowest BCUT2D eigenvalue weighted by Gasteiger charge is -2.20. The van der Waals surface area contributed by atoms with Gasteiger partial charge in [-0.2, -0.15) is 0 Å². The smallest absolute Gasteiger partial charge is 0.270 e. The number of furan rings is 1. The number of thioether (sulfide) groups is 1. The third-order valence-corrected chi connectivity index (χ3v) is 5.06. The number of carbonyl (C=O) groups excluding carboxylic acids is 2. The zero-order chi connectivity index (χ0) is 17.4. The Bertz CT molecular complexity index is 950. The average Bonchev–Trinajstić information content (AvgIpc) is 3.03. The van der Waals surface area contributed by atoms with Crippen molar-refractivity contribution in [2.45, 2.75) is 23.6 Å². The number of anilines is 1. The van der Waals surface area contributed by atoms with Gasteiger partial charge in [0.15, 0.2) is 0 Å². The summed E-state index contributed by atoms with van der Waals surface area (Å²) in [6.45, 7) is 2.10. The van der Waals surface area contributed by atoms with Gasteiger partial charge in [0.1, 0.15) is 22.9 Å². The van der Waals surface area contributed by atoms with Crippen LogP contribution in [0.15, 0.2) is 51.8 Å². The minimum atomic E-state index is -0.318. The van der Waals surface area contributed by atoms with Crippen LogP contribution in [0.1, 0.15) is 23.2 Å². The number of hydrogen-bond donors (Lipinski definition) is 2. The summed E-state index contributed by atoms with van der Waals surface area (Å²) in [5.41, 5.74) is 1.04. The lowest BCUT2D eigenvalue weighted by molar-refractivity contribution is -0.115. The first-order valence-electron chi connectivity index (χ1n) is 7.84. The van der Waals surface area contributed by atoms with E-state index >= 15 is 0 Å². The largest absolute Gasteiger partial charge is 0.459 e. The molecule has 25 heavy (non-hydrogen) atoms. The fraction of sp³-hybridized carbons (Fsp3) is 0.167. The molecule has 3 aromatic rings. The molecule has 2 N–H and O–H groups in total. The van der Waals surface area contributed by atoms with Crippen LogP contribution in [0.25, 0.3) is 11.0 Å². The minimum absolute atomic E-state index is 0.107. The van der Waals surface area contributed by atoms with Gasteiger partial charge in [-0.05, 0) is 31.2 Å². The van der Waals surface area contributed by atoms with Gasteiger partial charge in [0, 0.05) is 5.39 Å². The Morgan fingerprint density at radius 2 is 2.16 bits per heavy atom. The van der Waals surface area contributed by atoms with Gasteiger partial charge in [-0.25, -0.2) is 4.98 Å². The normalized spacial score (nSPS) is 16.4. The summed E-state index contributed by atoms with van der Waals surface area (Å²) in [6, 6.07) is 13.0. The molecule has 126 valence electrons. The van der Waals surface area contributed by atoms with Gasteiger partial charge in [-0.15, -0.1) is 11.8 Å². The van der Waals surface area contributed by atoms with Crippen molar-refractivity contribution < 1.29 is 14.0 Å². The van der Waals surface area contributed by atoms with Crippen LogP contribution in [0.4, 0.5) is 5.82 Å². The van der Waals surface area contributed by atoms with Crippen LogP contribution in [-0.2, 0) is 11.3 Å². The van der Waals surface area contributed by atoms with Crippen molar-refractivity contribution in [3.8, 4) is 0 Å². The lowest BCUT2D eigenvalue weighted by atomic mass is 10.2.